The first-order valence-corrected chi connectivity index (χ1v) is 11.0. The van der Waals surface area contributed by atoms with Gasteiger partial charge in [0.1, 0.15) is 0 Å². The van der Waals surface area contributed by atoms with E-state index in [9.17, 15) is 0 Å². The van der Waals surface area contributed by atoms with Gasteiger partial charge in [0.15, 0.2) is 0 Å². The van der Waals surface area contributed by atoms with Crippen LogP contribution in [0.15, 0.2) is 77.7 Å². The fourth-order valence-electron chi connectivity index (χ4n) is 3.19. The van der Waals surface area contributed by atoms with Gasteiger partial charge in [-0.15, -0.1) is 12.6 Å². The molecule has 0 aliphatic carbocycles. The van der Waals surface area contributed by atoms with Crippen LogP contribution in [0.5, 0.6) is 0 Å². The van der Waals surface area contributed by atoms with Crippen LogP contribution in [0.25, 0.3) is 0 Å². The summed E-state index contributed by atoms with van der Waals surface area (Å²) < 4.78 is 0. The summed E-state index contributed by atoms with van der Waals surface area (Å²) in [5.74, 6) is 0.965. The first-order chi connectivity index (χ1) is 12.5. The van der Waals surface area contributed by atoms with Crippen molar-refractivity contribution in [3.8, 4) is 0 Å². The molecule has 3 aromatic rings. The minimum atomic E-state index is -0.625. The summed E-state index contributed by atoms with van der Waals surface area (Å²) in [6.45, 7) is 9.07. The van der Waals surface area contributed by atoms with E-state index in [1.165, 1.54) is 27.0 Å². The monoisotopic (exact) mass is 378 g/mol. The number of benzene rings is 3. The third-order valence-electron chi connectivity index (χ3n) is 4.70. The highest BCUT2D eigenvalue weighted by Crippen LogP contribution is 2.38. The maximum atomic E-state index is 5.02. The van der Waals surface area contributed by atoms with Crippen molar-refractivity contribution in [1.82, 2.24) is 0 Å². The fourth-order valence-corrected chi connectivity index (χ4v) is 6.29. The summed E-state index contributed by atoms with van der Waals surface area (Å²) in [4.78, 5) is 1.16. The van der Waals surface area contributed by atoms with Crippen molar-refractivity contribution in [3.05, 3.63) is 83.9 Å². The lowest BCUT2D eigenvalue weighted by atomic mass is 9.96. The number of hydrogen-bond acceptors (Lipinski definition) is 1. The summed E-state index contributed by atoms with van der Waals surface area (Å²) in [5.41, 5.74) is 2.76. The molecule has 0 aliphatic heterocycles. The molecule has 0 saturated carbocycles. The third kappa shape index (κ3) is 4.05. The second-order valence-corrected chi connectivity index (χ2v) is 9.93. The smallest absolute Gasteiger partial charge is 0.0159 e. The molecule has 0 aliphatic rings. The minimum absolute atomic E-state index is 0.461. The molecule has 3 aromatic carbocycles. The van der Waals surface area contributed by atoms with E-state index < -0.39 is 7.92 Å². The van der Waals surface area contributed by atoms with E-state index >= 15 is 0 Å². The van der Waals surface area contributed by atoms with Gasteiger partial charge in [0.25, 0.3) is 0 Å². The largest absolute Gasteiger partial charge is 0.142 e. The summed E-state index contributed by atoms with van der Waals surface area (Å²) in [5, 5.41) is 4.12. The first kappa shape index (κ1) is 19.2. The molecule has 0 saturated heterocycles. The van der Waals surface area contributed by atoms with E-state index in [0.29, 0.717) is 11.8 Å². The molecular formula is C24H27PS. The van der Waals surface area contributed by atoms with Crippen molar-refractivity contribution in [1.29, 1.82) is 0 Å². The molecular weight excluding hydrogens is 351 g/mol. The van der Waals surface area contributed by atoms with Gasteiger partial charge in [-0.3, -0.25) is 0 Å². The van der Waals surface area contributed by atoms with E-state index in [1.54, 1.807) is 0 Å². The molecule has 0 radical (unpaired) electrons. The molecule has 0 bridgehead atoms. The Morgan fingerprint density at radius 3 is 1.62 bits per heavy atom. The Balaban J connectivity index is 2.28. The second-order valence-electron chi connectivity index (χ2n) is 7.29. The van der Waals surface area contributed by atoms with Crippen molar-refractivity contribution < 1.29 is 0 Å². The molecule has 134 valence electrons. The number of rotatable bonds is 5. The summed E-state index contributed by atoms with van der Waals surface area (Å²) in [7, 11) is -0.625. The lowest BCUT2D eigenvalue weighted by molar-refractivity contribution is 0.820. The standard InChI is InChI=1S/C24H27PS/c1-17(2)19-15-22(18(3)4)24(26)23(16-19)25(20-11-7-5-8-12-20)21-13-9-6-10-14-21/h5-18,26H,1-4H3. The van der Waals surface area contributed by atoms with Gasteiger partial charge in [0, 0.05) is 4.90 Å². The average molecular weight is 379 g/mol. The topological polar surface area (TPSA) is 0 Å². The van der Waals surface area contributed by atoms with Crippen LogP contribution in [-0.2, 0) is 0 Å². The normalized spacial score (nSPS) is 11.5. The van der Waals surface area contributed by atoms with Gasteiger partial charge < -0.3 is 0 Å². The van der Waals surface area contributed by atoms with E-state index in [2.05, 4.69) is 100 Å². The Morgan fingerprint density at radius 1 is 0.692 bits per heavy atom. The highest BCUT2D eigenvalue weighted by molar-refractivity contribution is 7.84. The zero-order chi connectivity index (χ0) is 18.7. The van der Waals surface area contributed by atoms with Crippen LogP contribution in [0.4, 0.5) is 0 Å². The highest BCUT2D eigenvalue weighted by Gasteiger charge is 2.22. The number of thiol groups is 1. The van der Waals surface area contributed by atoms with Gasteiger partial charge in [0.05, 0.1) is 0 Å². The van der Waals surface area contributed by atoms with Crippen LogP contribution in [0, 0.1) is 0 Å². The van der Waals surface area contributed by atoms with Gasteiger partial charge in [-0.1, -0.05) is 94.4 Å². The van der Waals surface area contributed by atoms with Crippen molar-refractivity contribution in [2.45, 2.75) is 44.4 Å². The molecule has 0 fully saturated rings. The van der Waals surface area contributed by atoms with Gasteiger partial charge in [0.2, 0.25) is 0 Å². The number of hydrogen-bond donors (Lipinski definition) is 1. The maximum absolute atomic E-state index is 5.02. The van der Waals surface area contributed by atoms with Crippen LogP contribution >= 0.6 is 20.6 Å². The molecule has 0 heterocycles. The molecule has 0 unspecified atom stereocenters. The zero-order valence-electron chi connectivity index (χ0n) is 16.0. The fraction of sp³-hybridized carbons (Fsp3) is 0.250. The molecule has 0 spiro atoms. The first-order valence-electron chi connectivity index (χ1n) is 9.26. The van der Waals surface area contributed by atoms with E-state index in [1.807, 2.05) is 0 Å². The van der Waals surface area contributed by atoms with Gasteiger partial charge in [-0.2, -0.15) is 0 Å². The molecule has 0 nitrogen and oxygen atoms in total. The molecule has 0 amide bonds. The predicted octanol–water partition coefficient (Wildman–Crippen LogP) is 5.98. The van der Waals surface area contributed by atoms with Gasteiger partial charge in [-0.25, -0.2) is 0 Å². The van der Waals surface area contributed by atoms with Crippen LogP contribution in [0.3, 0.4) is 0 Å². The Hall–Kier alpha value is -1.56. The summed E-state index contributed by atoms with van der Waals surface area (Å²) >= 11 is 5.02. The van der Waals surface area contributed by atoms with Crippen LogP contribution in [0.2, 0.25) is 0 Å². The summed E-state index contributed by atoms with van der Waals surface area (Å²) in [6, 6.07) is 26.5. The van der Waals surface area contributed by atoms with E-state index in [-0.39, 0.29) is 0 Å². The Morgan fingerprint density at radius 2 is 1.19 bits per heavy atom. The zero-order valence-corrected chi connectivity index (χ0v) is 17.8. The second kappa shape index (κ2) is 8.42. The Bertz CT molecular complexity index is 815. The molecule has 0 atom stereocenters. The van der Waals surface area contributed by atoms with Gasteiger partial charge >= 0.3 is 0 Å². The lowest BCUT2D eigenvalue weighted by Crippen LogP contribution is -2.23. The average Bonchev–Trinajstić information content (AvgIpc) is 2.64. The molecule has 0 aromatic heterocycles. The molecule has 3 rings (SSSR count). The van der Waals surface area contributed by atoms with Crippen LogP contribution in [-0.4, -0.2) is 0 Å². The quantitative estimate of drug-likeness (QED) is 0.410. The van der Waals surface area contributed by atoms with Crippen LogP contribution < -0.4 is 15.9 Å². The SMILES string of the molecule is CC(C)c1cc(C(C)C)c(S)c(P(c2ccccc2)c2ccccc2)c1. The van der Waals surface area contributed by atoms with Crippen molar-refractivity contribution in [2.75, 3.05) is 0 Å². The Kier molecular flexibility index (Phi) is 6.22. The van der Waals surface area contributed by atoms with Crippen molar-refractivity contribution in [2.24, 2.45) is 0 Å². The van der Waals surface area contributed by atoms with Crippen LogP contribution in [0.1, 0.15) is 50.7 Å². The lowest BCUT2D eigenvalue weighted by Gasteiger charge is -2.25. The summed E-state index contributed by atoms with van der Waals surface area (Å²) in [6.07, 6.45) is 0. The van der Waals surface area contributed by atoms with E-state index in [4.69, 9.17) is 12.6 Å². The maximum Gasteiger partial charge on any atom is 0.0159 e. The molecule has 0 N–H and O–H groups in total. The van der Waals surface area contributed by atoms with Crippen molar-refractivity contribution in [3.63, 3.8) is 0 Å². The Labute approximate surface area is 164 Å². The highest BCUT2D eigenvalue weighted by atomic mass is 32.1. The minimum Gasteiger partial charge on any atom is -0.142 e. The predicted molar refractivity (Wildman–Crippen MR) is 121 cm³/mol. The van der Waals surface area contributed by atoms with Crippen molar-refractivity contribution >= 4 is 36.5 Å². The molecule has 26 heavy (non-hydrogen) atoms. The third-order valence-corrected chi connectivity index (χ3v) is 7.84. The van der Waals surface area contributed by atoms with Gasteiger partial charge in [-0.05, 0) is 52.9 Å². The molecule has 2 heteroatoms. The van der Waals surface area contributed by atoms with E-state index in [0.717, 1.165) is 4.90 Å².